The lowest BCUT2D eigenvalue weighted by Crippen LogP contribution is -2.32. The number of hydrogen-bond acceptors (Lipinski definition) is 4. The molecule has 2 aromatic rings. The van der Waals surface area contributed by atoms with Crippen molar-refractivity contribution in [1.29, 1.82) is 0 Å². The van der Waals surface area contributed by atoms with Crippen LogP contribution < -0.4 is 4.74 Å². The van der Waals surface area contributed by atoms with Crippen molar-refractivity contribution in [2.75, 3.05) is 13.1 Å². The van der Waals surface area contributed by atoms with Crippen molar-refractivity contribution >= 4 is 5.91 Å². The highest BCUT2D eigenvalue weighted by molar-refractivity contribution is 5.91. The van der Waals surface area contributed by atoms with E-state index in [1.54, 1.807) is 11.0 Å². The Hall–Kier alpha value is -2.30. The summed E-state index contributed by atoms with van der Waals surface area (Å²) in [7, 11) is 0. The van der Waals surface area contributed by atoms with Crippen LogP contribution in [0.15, 0.2) is 40.9 Å². The van der Waals surface area contributed by atoms with Gasteiger partial charge >= 0.3 is 0 Å². The Morgan fingerprint density at radius 3 is 2.50 bits per heavy atom. The molecule has 0 radical (unpaired) electrons. The van der Waals surface area contributed by atoms with Gasteiger partial charge in [0, 0.05) is 13.1 Å². The van der Waals surface area contributed by atoms with Crippen molar-refractivity contribution < 1.29 is 14.1 Å². The van der Waals surface area contributed by atoms with Gasteiger partial charge in [0.25, 0.3) is 11.8 Å². The number of rotatable bonds is 8. The van der Waals surface area contributed by atoms with E-state index in [0.717, 1.165) is 18.4 Å². The first-order valence-electron chi connectivity index (χ1n) is 7.67. The fraction of sp³-hybridized carbons (Fsp3) is 0.412. The normalized spacial score (nSPS) is 10.5. The predicted molar refractivity (Wildman–Crippen MR) is 83.8 cm³/mol. The van der Waals surface area contributed by atoms with E-state index in [9.17, 15) is 4.79 Å². The van der Waals surface area contributed by atoms with Gasteiger partial charge in [-0.1, -0.05) is 44.2 Å². The van der Waals surface area contributed by atoms with Gasteiger partial charge in [-0.15, -0.1) is 0 Å². The molecule has 0 saturated carbocycles. The van der Waals surface area contributed by atoms with Crippen LogP contribution in [-0.2, 0) is 6.61 Å². The van der Waals surface area contributed by atoms with Gasteiger partial charge in [0.2, 0.25) is 5.76 Å². The SMILES string of the molecule is CCCN(CCC)C(=O)c1cc(OCc2ccccc2)no1. The van der Waals surface area contributed by atoms with E-state index in [1.807, 2.05) is 44.2 Å². The second-order valence-electron chi connectivity index (χ2n) is 5.10. The largest absolute Gasteiger partial charge is 0.471 e. The van der Waals surface area contributed by atoms with Crippen molar-refractivity contribution in [3.05, 3.63) is 47.7 Å². The third kappa shape index (κ3) is 4.35. The molecule has 1 aromatic carbocycles. The molecule has 0 fully saturated rings. The summed E-state index contributed by atoms with van der Waals surface area (Å²) >= 11 is 0. The maximum Gasteiger partial charge on any atom is 0.292 e. The van der Waals surface area contributed by atoms with E-state index >= 15 is 0 Å². The molecule has 1 heterocycles. The van der Waals surface area contributed by atoms with Gasteiger partial charge in [-0.2, -0.15) is 0 Å². The molecular formula is C17H22N2O3. The van der Waals surface area contributed by atoms with Crippen LogP contribution in [0.2, 0.25) is 0 Å². The van der Waals surface area contributed by atoms with Crippen LogP contribution in [0.25, 0.3) is 0 Å². The zero-order valence-corrected chi connectivity index (χ0v) is 13.1. The lowest BCUT2D eigenvalue weighted by Gasteiger charge is -2.19. The summed E-state index contributed by atoms with van der Waals surface area (Å²) in [5.41, 5.74) is 1.04. The van der Waals surface area contributed by atoms with Gasteiger partial charge in [-0.05, 0) is 23.6 Å². The summed E-state index contributed by atoms with van der Waals surface area (Å²) in [6.07, 6.45) is 1.83. The maximum atomic E-state index is 12.3. The fourth-order valence-electron chi connectivity index (χ4n) is 2.17. The molecular weight excluding hydrogens is 280 g/mol. The smallest absolute Gasteiger partial charge is 0.292 e. The number of benzene rings is 1. The Balaban J connectivity index is 1.96. The highest BCUT2D eigenvalue weighted by Crippen LogP contribution is 2.15. The minimum Gasteiger partial charge on any atom is -0.471 e. The van der Waals surface area contributed by atoms with Gasteiger partial charge in [0.1, 0.15) is 6.61 Å². The van der Waals surface area contributed by atoms with Gasteiger partial charge in [-0.25, -0.2) is 0 Å². The molecule has 0 bridgehead atoms. The van der Waals surface area contributed by atoms with Crippen molar-refractivity contribution in [1.82, 2.24) is 10.1 Å². The molecule has 0 atom stereocenters. The van der Waals surface area contributed by atoms with Crippen LogP contribution in [-0.4, -0.2) is 29.1 Å². The van der Waals surface area contributed by atoms with Gasteiger partial charge in [-0.3, -0.25) is 4.79 Å². The lowest BCUT2D eigenvalue weighted by atomic mass is 10.2. The Morgan fingerprint density at radius 1 is 1.18 bits per heavy atom. The molecule has 5 heteroatoms. The molecule has 0 aliphatic rings. The quantitative estimate of drug-likeness (QED) is 0.748. The van der Waals surface area contributed by atoms with E-state index in [0.29, 0.717) is 25.6 Å². The molecule has 0 spiro atoms. The maximum absolute atomic E-state index is 12.3. The average molecular weight is 302 g/mol. The number of ether oxygens (including phenoxy) is 1. The molecule has 22 heavy (non-hydrogen) atoms. The van der Waals surface area contributed by atoms with Crippen LogP contribution >= 0.6 is 0 Å². The summed E-state index contributed by atoms with van der Waals surface area (Å²) in [4.78, 5) is 14.1. The second-order valence-corrected chi connectivity index (χ2v) is 5.10. The molecule has 0 unspecified atom stereocenters. The Kier molecular flexibility index (Phi) is 6.01. The third-order valence-corrected chi connectivity index (χ3v) is 3.20. The molecule has 0 aliphatic carbocycles. The molecule has 5 nitrogen and oxygen atoms in total. The summed E-state index contributed by atoms with van der Waals surface area (Å²) in [5, 5.41) is 3.81. The number of nitrogens with zero attached hydrogens (tertiary/aromatic N) is 2. The first-order valence-corrected chi connectivity index (χ1v) is 7.67. The van der Waals surface area contributed by atoms with Crippen molar-refractivity contribution in [2.45, 2.75) is 33.3 Å². The molecule has 2 rings (SSSR count). The minimum absolute atomic E-state index is 0.134. The van der Waals surface area contributed by atoms with Gasteiger partial charge in [0.05, 0.1) is 6.07 Å². The molecule has 1 amide bonds. The summed E-state index contributed by atoms with van der Waals surface area (Å²) < 4.78 is 10.7. The summed E-state index contributed by atoms with van der Waals surface area (Å²) in [6.45, 7) is 5.92. The van der Waals surface area contributed by atoms with Crippen molar-refractivity contribution in [2.24, 2.45) is 0 Å². The van der Waals surface area contributed by atoms with Crippen molar-refractivity contribution in [3.63, 3.8) is 0 Å². The minimum atomic E-state index is -0.134. The van der Waals surface area contributed by atoms with E-state index in [2.05, 4.69) is 5.16 Å². The summed E-state index contributed by atoms with van der Waals surface area (Å²) in [5.74, 6) is 0.427. The van der Waals surface area contributed by atoms with E-state index in [1.165, 1.54) is 0 Å². The highest BCUT2D eigenvalue weighted by Gasteiger charge is 2.19. The summed E-state index contributed by atoms with van der Waals surface area (Å²) in [6, 6.07) is 11.3. The number of hydrogen-bond donors (Lipinski definition) is 0. The second kappa shape index (κ2) is 8.22. The zero-order valence-electron chi connectivity index (χ0n) is 13.1. The van der Waals surface area contributed by atoms with E-state index < -0.39 is 0 Å². The first-order chi connectivity index (χ1) is 10.7. The number of carbonyl (C=O) groups excluding carboxylic acids is 1. The van der Waals surface area contributed by atoms with E-state index in [4.69, 9.17) is 9.26 Å². The predicted octanol–water partition coefficient (Wildman–Crippen LogP) is 3.52. The van der Waals surface area contributed by atoms with Crippen LogP contribution in [0.4, 0.5) is 0 Å². The molecule has 0 aliphatic heterocycles. The van der Waals surface area contributed by atoms with E-state index in [-0.39, 0.29) is 11.7 Å². The molecule has 118 valence electrons. The van der Waals surface area contributed by atoms with Crippen LogP contribution in [0.3, 0.4) is 0 Å². The Morgan fingerprint density at radius 2 is 1.86 bits per heavy atom. The number of amides is 1. The van der Waals surface area contributed by atoms with Crippen LogP contribution in [0.5, 0.6) is 5.88 Å². The third-order valence-electron chi connectivity index (χ3n) is 3.20. The number of carbonyl (C=O) groups is 1. The Labute approximate surface area is 130 Å². The van der Waals surface area contributed by atoms with Crippen LogP contribution in [0.1, 0.15) is 42.8 Å². The van der Waals surface area contributed by atoms with Crippen molar-refractivity contribution in [3.8, 4) is 5.88 Å². The monoisotopic (exact) mass is 302 g/mol. The average Bonchev–Trinajstić information content (AvgIpc) is 3.02. The number of aromatic nitrogens is 1. The topological polar surface area (TPSA) is 55.6 Å². The molecule has 0 N–H and O–H groups in total. The molecule has 1 aromatic heterocycles. The standard InChI is InChI=1S/C17H22N2O3/c1-3-10-19(11-4-2)17(20)15-12-16(18-22-15)21-13-14-8-6-5-7-9-14/h5-9,12H,3-4,10-11,13H2,1-2H3. The lowest BCUT2D eigenvalue weighted by molar-refractivity contribution is 0.0713. The van der Waals surface area contributed by atoms with Gasteiger partial charge in [0.15, 0.2) is 0 Å². The first kappa shape index (κ1) is 16.1. The fourth-order valence-corrected chi connectivity index (χ4v) is 2.17. The molecule has 0 saturated heterocycles. The zero-order chi connectivity index (χ0) is 15.8. The Bertz CT molecular complexity index is 575. The van der Waals surface area contributed by atoms with Crippen LogP contribution in [0, 0.1) is 0 Å². The van der Waals surface area contributed by atoms with Gasteiger partial charge < -0.3 is 14.2 Å². The highest BCUT2D eigenvalue weighted by atomic mass is 16.5.